The average Bonchev–Trinajstić information content (AvgIpc) is 3.28. The molecule has 3 rings (SSSR count). The second kappa shape index (κ2) is 35.2. The van der Waals surface area contributed by atoms with Crippen LogP contribution in [-0.2, 0) is 47.8 Å². The number of hydrogen-bond acceptors (Lipinski definition) is 20. The van der Waals surface area contributed by atoms with Gasteiger partial charge < -0.3 is 73.3 Å². The van der Waals surface area contributed by atoms with E-state index in [1.165, 1.54) is 41.9 Å². The highest BCUT2D eigenvalue weighted by Crippen LogP contribution is 2.10. The molecule has 374 valence electrons. The van der Waals surface area contributed by atoms with Crippen molar-refractivity contribution in [1.29, 1.82) is 0 Å². The number of amides is 6. The highest BCUT2D eigenvalue weighted by atomic mass is 32.2. The molecule has 0 aromatic heterocycles. The minimum atomic E-state index is -0.950. The quantitative estimate of drug-likeness (QED) is 0.0598. The summed E-state index contributed by atoms with van der Waals surface area (Å²) in [5.74, 6) is 0.996. The van der Waals surface area contributed by atoms with Gasteiger partial charge in [0, 0.05) is 2.97 Å². The van der Waals surface area contributed by atoms with Crippen LogP contribution < -0.4 is 43.4 Å². The van der Waals surface area contributed by atoms with E-state index in [9.17, 15) is 43.5 Å². The van der Waals surface area contributed by atoms with Crippen LogP contribution in [0.25, 0.3) is 0 Å². The summed E-state index contributed by atoms with van der Waals surface area (Å²) in [7, 11) is 2.58. The summed E-state index contributed by atoms with van der Waals surface area (Å²) in [5, 5.41) is 51.6. The Kier molecular flexibility index (Phi) is 33.5. The van der Waals surface area contributed by atoms with Gasteiger partial charge in [0.2, 0.25) is 35.4 Å². The molecule has 14 N–H and O–H groups in total. The van der Waals surface area contributed by atoms with Gasteiger partial charge in [0.25, 0.3) is 0 Å². The zero-order chi connectivity index (χ0) is 51.7. The van der Waals surface area contributed by atoms with Crippen LogP contribution in [-0.4, -0.2) is 203 Å². The predicted octanol–water partition coefficient (Wildman–Crippen LogP) is -3.34. The van der Waals surface area contributed by atoms with Crippen molar-refractivity contribution in [2.24, 2.45) is 11.5 Å². The molecule has 12 unspecified atom stereocenters. The summed E-state index contributed by atoms with van der Waals surface area (Å²) in [4.78, 5) is 90.0. The molecule has 26 heteroatoms. The van der Waals surface area contributed by atoms with Gasteiger partial charge in [-0.25, -0.2) is 0 Å². The Morgan fingerprint density at radius 2 is 0.844 bits per heavy atom. The second-order valence-corrected chi connectivity index (χ2v) is 18.4. The second-order valence-electron chi connectivity index (χ2n) is 14.4. The third kappa shape index (κ3) is 25.0. The number of ether oxygens (including phenoxy) is 2. The summed E-state index contributed by atoms with van der Waals surface area (Å²) >= 11 is 6.65. The van der Waals surface area contributed by atoms with E-state index in [0.717, 1.165) is 23.0 Å². The van der Waals surface area contributed by atoms with Crippen molar-refractivity contribution in [2.75, 3.05) is 62.3 Å². The van der Waals surface area contributed by atoms with Crippen LogP contribution in [0.5, 0.6) is 0 Å². The lowest BCUT2D eigenvalue weighted by Crippen LogP contribution is -2.67. The molecule has 0 aromatic rings. The Morgan fingerprint density at radius 1 is 0.562 bits per heavy atom. The van der Waals surface area contributed by atoms with Crippen LogP contribution >= 0.6 is 47.0 Å². The zero-order valence-electron chi connectivity index (χ0n) is 40.2. The lowest BCUT2D eigenvalue weighted by Gasteiger charge is -2.32. The van der Waals surface area contributed by atoms with Crippen LogP contribution in [0.15, 0.2) is 0 Å². The third-order valence-electron chi connectivity index (χ3n) is 9.05. The van der Waals surface area contributed by atoms with E-state index in [4.69, 9.17) is 29.8 Å². The highest BCUT2D eigenvalue weighted by molar-refractivity contribution is 7.99. The Morgan fingerprint density at radius 3 is 1.11 bits per heavy atom. The number of rotatable bonds is 18. The topological polar surface area (TPSA) is 360 Å². The van der Waals surface area contributed by atoms with E-state index < -0.39 is 78.5 Å². The summed E-state index contributed by atoms with van der Waals surface area (Å²) in [6.45, 7) is 5.73. The van der Waals surface area contributed by atoms with Gasteiger partial charge in [-0.15, -0.1) is 0 Å². The molecule has 12 atom stereocenters. The molecule has 3 saturated heterocycles. The Hall–Kier alpha value is -3.08. The molecule has 0 aliphatic carbocycles. The summed E-state index contributed by atoms with van der Waals surface area (Å²) in [5.41, 5.74) is 10.6. The molecule has 64 heavy (non-hydrogen) atoms. The number of carbonyl (C=O) groups is 8. The molecule has 22 nitrogen and oxygen atoms in total. The molecule has 3 fully saturated rings. The maximum Gasteiger partial charge on any atom is 0.325 e. The SMILES string of the molecule is CC(O)C1NC(=O)C(C(C)O)NC1=O.COC(=O)C(N)C(C)O.COC(=O)C(N)CCSC.CSCCC1NC(=O)C(C(C)O)NC1=O.CSCCC1NC(=O)C(CCSC)NC1=O.[2H][3H]. The van der Waals surface area contributed by atoms with Crippen molar-refractivity contribution >= 4 is 94.4 Å². The molecule has 6 amide bonds. The summed E-state index contributed by atoms with van der Waals surface area (Å²) < 4.78 is 18.7. The predicted molar refractivity (Wildman–Crippen MR) is 252 cm³/mol. The zero-order valence-corrected chi connectivity index (χ0v) is 41.5. The maximum atomic E-state index is 11.7. The maximum absolute atomic E-state index is 11.7. The van der Waals surface area contributed by atoms with E-state index in [0.29, 0.717) is 25.7 Å². The number of nitrogens with one attached hydrogen (secondary N) is 6. The lowest BCUT2D eigenvalue weighted by atomic mass is 10.0. The fourth-order valence-electron chi connectivity index (χ4n) is 5.12. The van der Waals surface area contributed by atoms with E-state index in [-0.39, 0.29) is 41.7 Å². The van der Waals surface area contributed by atoms with E-state index in [2.05, 4.69) is 41.4 Å². The summed E-state index contributed by atoms with van der Waals surface area (Å²) in [6, 6.07) is -5.19. The van der Waals surface area contributed by atoms with E-state index >= 15 is 0 Å². The van der Waals surface area contributed by atoms with Gasteiger partial charge in [-0.05, 0) is 101 Å². The van der Waals surface area contributed by atoms with Crippen molar-refractivity contribution in [2.45, 2.75) is 126 Å². The number of aliphatic hydroxyl groups excluding tert-OH is 4. The van der Waals surface area contributed by atoms with Gasteiger partial charge in [0.1, 0.15) is 48.3 Å². The van der Waals surface area contributed by atoms with Gasteiger partial charge in [-0.2, -0.15) is 47.0 Å². The van der Waals surface area contributed by atoms with Gasteiger partial charge in [0.15, 0.2) is 0 Å². The molecule has 0 bridgehead atoms. The van der Waals surface area contributed by atoms with Crippen molar-refractivity contribution in [3.8, 4) is 0 Å². The Labute approximate surface area is 396 Å². The van der Waals surface area contributed by atoms with Gasteiger partial charge in [0.05, 0.1) is 38.6 Å². The van der Waals surface area contributed by atoms with Crippen molar-refractivity contribution < 1.29 is 71.2 Å². The normalized spacial score (nSPS) is 24.2. The highest BCUT2D eigenvalue weighted by Gasteiger charge is 2.38. The van der Waals surface area contributed by atoms with Crippen LogP contribution in [0.3, 0.4) is 0 Å². The molecule has 3 heterocycles. The van der Waals surface area contributed by atoms with Crippen LogP contribution in [0.4, 0.5) is 0 Å². The average molecular weight is 998 g/mol. The number of hydrogen-bond donors (Lipinski definition) is 12. The van der Waals surface area contributed by atoms with Crippen LogP contribution in [0.1, 0.15) is 56.3 Å². The fraction of sp³-hybridized carbons (Fsp3) is 0.789. The fourth-order valence-corrected chi connectivity index (χ4v) is 7.03. The monoisotopic (exact) mass is 997 g/mol. The molecular weight excluding hydrogens is 921 g/mol. The number of nitrogens with two attached hydrogens (primary N) is 2. The van der Waals surface area contributed by atoms with Crippen molar-refractivity contribution in [3.05, 3.63) is 0 Å². The molecule has 3 aliphatic rings. The van der Waals surface area contributed by atoms with Gasteiger partial charge >= 0.3 is 11.9 Å². The van der Waals surface area contributed by atoms with Gasteiger partial charge in [-0.1, -0.05) is 0 Å². The first-order valence-electron chi connectivity index (χ1n) is 21.2. The number of piperazine rings is 3. The lowest BCUT2D eigenvalue weighted by molar-refractivity contribution is -0.144. The molecule has 0 saturated carbocycles. The Bertz CT molecular complexity index is 1410. The number of carbonyl (C=O) groups excluding carboxylic acids is 8. The summed E-state index contributed by atoms with van der Waals surface area (Å²) in [6.07, 6.45) is 7.00. The molecule has 0 aromatic carbocycles. The first-order valence-corrected chi connectivity index (χ1v) is 25.7. The number of aliphatic hydroxyl groups is 4. The standard InChI is InChI=1S/C10H18N2O2S2.C9H16N2O3S.C8H14N2O4.C6H13NO2S.C5H11NO3.H2/c1-15-5-3-7-9(13)12-8(4-6-16-2)10(14)11-7;1-5(12)7-9(14)10-6(3-4-15-2)8(13)11-7;1-3(11)5-7(13)10-6(4(2)12)8(14)9-5;1-9-6(8)5(7)3-4-10-2;1-3(7)4(6)5(8)9-2;/h7-8H,3-6H2,1-2H3,(H,11,14)(H,12,13);5-7,12H,3-4H2,1-2H3,(H,10,14)(H,11,13);3-6,11-12H,1-2H3,(H,9,14)(H,10,13);5H,3-4,7H2,1-2H3;3-4,7H,6H2,1-2H3;1H/i;;;;;1+2D. The molecule has 0 radical (unpaired) electrons. The number of esters is 2. The molecular formula is C38H74N8O14S4. The number of thioether (sulfide) groups is 4. The van der Waals surface area contributed by atoms with Crippen LogP contribution in [0.2, 0.25) is 0 Å². The smallest absolute Gasteiger partial charge is 0.325 e. The molecule has 0 spiro atoms. The van der Waals surface area contributed by atoms with Crippen molar-refractivity contribution in [1.82, 2.24) is 31.9 Å². The number of methoxy groups -OCH3 is 2. The third-order valence-corrected chi connectivity index (χ3v) is 11.6. The van der Waals surface area contributed by atoms with Crippen LogP contribution in [0, 0.1) is 0 Å². The first-order chi connectivity index (χ1) is 31.0. The van der Waals surface area contributed by atoms with E-state index in [1.807, 2.05) is 25.0 Å². The Balaban J connectivity index is -0.000000756. The first kappa shape index (κ1) is 60.9. The van der Waals surface area contributed by atoms with Crippen molar-refractivity contribution in [3.63, 3.8) is 0 Å². The minimum Gasteiger partial charge on any atom is -0.468 e. The molecule has 3 aliphatic heterocycles. The minimum absolute atomic E-state index is 0.0419. The largest absolute Gasteiger partial charge is 0.468 e. The van der Waals surface area contributed by atoms with Gasteiger partial charge in [-0.3, -0.25) is 38.4 Å². The van der Waals surface area contributed by atoms with E-state index in [1.54, 1.807) is 47.0 Å².